The molecule has 0 fully saturated rings. The number of para-hydroxylation sites is 1. The fraction of sp³-hybridized carbons (Fsp3) is 0.0909. The summed E-state index contributed by atoms with van der Waals surface area (Å²) in [5.74, 6) is -1.06. The van der Waals surface area contributed by atoms with Gasteiger partial charge in [0.25, 0.3) is 0 Å². The molecule has 2 N–H and O–H groups in total. The van der Waals surface area contributed by atoms with Gasteiger partial charge in [0.05, 0.1) is 16.2 Å². The number of rotatable bonds is 3. The van der Waals surface area contributed by atoms with E-state index >= 15 is 0 Å². The fourth-order valence-electron chi connectivity index (χ4n) is 1.39. The Labute approximate surface area is 107 Å². The molecule has 0 aliphatic carbocycles. The molecule has 0 saturated heterocycles. The summed E-state index contributed by atoms with van der Waals surface area (Å²) >= 11 is 7.28. The van der Waals surface area contributed by atoms with E-state index in [-0.39, 0.29) is 5.69 Å². The molecule has 6 heteroatoms. The highest BCUT2D eigenvalue weighted by molar-refractivity contribution is 7.14. The molecule has 0 bridgehead atoms. The summed E-state index contributed by atoms with van der Waals surface area (Å²) in [6, 6.07) is 5.49. The van der Waals surface area contributed by atoms with Gasteiger partial charge >= 0.3 is 5.97 Å². The number of nitrogens with one attached hydrogen (secondary N) is 1. The third-order valence-electron chi connectivity index (χ3n) is 2.23. The maximum absolute atomic E-state index is 10.9. The van der Waals surface area contributed by atoms with E-state index in [4.69, 9.17) is 16.7 Å². The van der Waals surface area contributed by atoms with Gasteiger partial charge in [-0.1, -0.05) is 23.7 Å². The summed E-state index contributed by atoms with van der Waals surface area (Å²) in [6.45, 7) is 1.90. The molecule has 1 heterocycles. The van der Waals surface area contributed by atoms with Crippen molar-refractivity contribution < 1.29 is 9.90 Å². The van der Waals surface area contributed by atoms with Crippen LogP contribution in [-0.2, 0) is 0 Å². The second-order valence-corrected chi connectivity index (χ2v) is 4.65. The zero-order valence-electron chi connectivity index (χ0n) is 8.90. The lowest BCUT2D eigenvalue weighted by Crippen LogP contribution is -2.02. The third kappa shape index (κ3) is 2.40. The third-order valence-corrected chi connectivity index (χ3v) is 3.29. The first kappa shape index (κ1) is 11.9. The van der Waals surface area contributed by atoms with Gasteiger partial charge in [-0.15, -0.1) is 11.3 Å². The molecule has 0 radical (unpaired) electrons. The van der Waals surface area contributed by atoms with E-state index in [0.717, 1.165) is 5.56 Å². The van der Waals surface area contributed by atoms with Gasteiger partial charge in [-0.05, 0) is 18.6 Å². The van der Waals surface area contributed by atoms with Crippen LogP contribution in [0.5, 0.6) is 0 Å². The van der Waals surface area contributed by atoms with E-state index in [1.807, 2.05) is 19.1 Å². The molecule has 0 atom stereocenters. The van der Waals surface area contributed by atoms with Crippen molar-refractivity contribution in [3.05, 3.63) is 40.0 Å². The number of hydrogen-bond donors (Lipinski definition) is 2. The minimum atomic E-state index is -1.06. The van der Waals surface area contributed by atoms with Crippen LogP contribution in [0.3, 0.4) is 0 Å². The number of benzene rings is 1. The number of aromatic nitrogens is 1. The van der Waals surface area contributed by atoms with Crippen molar-refractivity contribution in [2.45, 2.75) is 6.92 Å². The number of anilines is 2. The summed E-state index contributed by atoms with van der Waals surface area (Å²) in [4.78, 5) is 14.7. The zero-order valence-corrected chi connectivity index (χ0v) is 10.5. The van der Waals surface area contributed by atoms with Gasteiger partial charge in [0, 0.05) is 0 Å². The molecular formula is C11H9ClN2O2S. The monoisotopic (exact) mass is 268 g/mol. The Morgan fingerprint density at radius 1 is 1.53 bits per heavy atom. The summed E-state index contributed by atoms with van der Waals surface area (Å²) in [6.07, 6.45) is 0. The SMILES string of the molecule is Cc1cccc(Cl)c1Nc1scnc1C(=O)O. The number of carboxylic acid groups (broad SMARTS) is 1. The highest BCUT2D eigenvalue weighted by Crippen LogP contribution is 2.31. The maximum Gasteiger partial charge on any atom is 0.357 e. The Morgan fingerprint density at radius 2 is 2.29 bits per heavy atom. The van der Waals surface area contributed by atoms with Crippen molar-refractivity contribution in [3.8, 4) is 0 Å². The summed E-state index contributed by atoms with van der Waals surface area (Å²) in [7, 11) is 0. The van der Waals surface area contributed by atoms with Gasteiger partial charge in [-0.2, -0.15) is 0 Å². The molecule has 0 unspecified atom stereocenters. The lowest BCUT2D eigenvalue weighted by atomic mass is 10.2. The minimum absolute atomic E-state index is 0.00863. The average molecular weight is 269 g/mol. The number of carboxylic acids is 1. The molecule has 0 saturated carbocycles. The molecule has 2 aromatic rings. The standard InChI is InChI=1S/C11H9ClN2O2S/c1-6-3-2-4-7(12)8(6)14-10-9(11(15)16)13-5-17-10/h2-5,14H,1H3,(H,15,16). The van der Waals surface area contributed by atoms with Crippen molar-refractivity contribution in [1.29, 1.82) is 0 Å². The van der Waals surface area contributed by atoms with Crippen LogP contribution >= 0.6 is 22.9 Å². The van der Waals surface area contributed by atoms with Crippen LogP contribution in [-0.4, -0.2) is 16.1 Å². The molecule has 0 amide bonds. The number of thiazole rings is 1. The van der Waals surface area contributed by atoms with E-state index in [2.05, 4.69) is 10.3 Å². The number of aryl methyl sites for hydroxylation is 1. The second kappa shape index (κ2) is 4.73. The second-order valence-electron chi connectivity index (χ2n) is 3.39. The minimum Gasteiger partial charge on any atom is -0.476 e. The van der Waals surface area contributed by atoms with Crippen LogP contribution in [0.25, 0.3) is 0 Å². The molecule has 4 nitrogen and oxygen atoms in total. The van der Waals surface area contributed by atoms with Gasteiger partial charge < -0.3 is 10.4 Å². The van der Waals surface area contributed by atoms with Crippen molar-refractivity contribution in [1.82, 2.24) is 4.98 Å². The van der Waals surface area contributed by atoms with Gasteiger partial charge in [0.1, 0.15) is 5.00 Å². The molecule has 1 aromatic carbocycles. The Kier molecular flexibility index (Phi) is 3.31. The first-order chi connectivity index (χ1) is 8.09. The van der Waals surface area contributed by atoms with Crippen molar-refractivity contribution in [2.75, 3.05) is 5.32 Å². The molecule has 0 spiro atoms. The largest absolute Gasteiger partial charge is 0.476 e. The van der Waals surface area contributed by atoms with Crippen LogP contribution in [0.1, 0.15) is 16.1 Å². The molecule has 0 aliphatic rings. The lowest BCUT2D eigenvalue weighted by Gasteiger charge is -2.09. The first-order valence-electron chi connectivity index (χ1n) is 4.78. The number of halogens is 1. The smallest absolute Gasteiger partial charge is 0.357 e. The first-order valence-corrected chi connectivity index (χ1v) is 6.04. The van der Waals surface area contributed by atoms with E-state index in [1.54, 1.807) is 6.07 Å². The highest BCUT2D eigenvalue weighted by atomic mass is 35.5. The molecule has 17 heavy (non-hydrogen) atoms. The summed E-state index contributed by atoms with van der Waals surface area (Å²) in [5, 5.41) is 13.0. The summed E-state index contributed by atoms with van der Waals surface area (Å²) in [5.41, 5.74) is 3.15. The topological polar surface area (TPSA) is 62.2 Å². The Balaban J connectivity index is 2.38. The Bertz CT molecular complexity index is 548. The van der Waals surface area contributed by atoms with Crippen molar-refractivity contribution >= 4 is 39.6 Å². The highest BCUT2D eigenvalue weighted by Gasteiger charge is 2.15. The maximum atomic E-state index is 10.9. The van der Waals surface area contributed by atoms with E-state index in [9.17, 15) is 4.79 Å². The number of aromatic carboxylic acids is 1. The average Bonchev–Trinajstić information content (AvgIpc) is 2.72. The van der Waals surface area contributed by atoms with Gasteiger partial charge in [0.2, 0.25) is 0 Å². The molecule has 1 aromatic heterocycles. The lowest BCUT2D eigenvalue weighted by molar-refractivity contribution is 0.0692. The molecule has 88 valence electrons. The van der Waals surface area contributed by atoms with Crippen LogP contribution in [0.15, 0.2) is 23.7 Å². The van der Waals surface area contributed by atoms with E-state index in [0.29, 0.717) is 15.7 Å². The van der Waals surface area contributed by atoms with Crippen LogP contribution in [0, 0.1) is 6.92 Å². The number of carbonyl (C=O) groups is 1. The molecule has 2 rings (SSSR count). The predicted octanol–water partition coefficient (Wildman–Crippen LogP) is 3.55. The number of nitrogens with zero attached hydrogens (tertiary/aromatic N) is 1. The van der Waals surface area contributed by atoms with Crippen LogP contribution in [0.2, 0.25) is 5.02 Å². The zero-order chi connectivity index (χ0) is 12.4. The summed E-state index contributed by atoms with van der Waals surface area (Å²) < 4.78 is 0. The van der Waals surface area contributed by atoms with Crippen molar-refractivity contribution in [2.24, 2.45) is 0 Å². The van der Waals surface area contributed by atoms with Gasteiger partial charge in [0.15, 0.2) is 5.69 Å². The Morgan fingerprint density at radius 3 is 2.94 bits per heavy atom. The van der Waals surface area contributed by atoms with Crippen LogP contribution < -0.4 is 5.32 Å². The Hall–Kier alpha value is -1.59. The number of hydrogen-bond acceptors (Lipinski definition) is 4. The van der Waals surface area contributed by atoms with Gasteiger partial charge in [-0.25, -0.2) is 9.78 Å². The van der Waals surface area contributed by atoms with Gasteiger partial charge in [-0.3, -0.25) is 0 Å². The molecular weight excluding hydrogens is 260 g/mol. The van der Waals surface area contributed by atoms with Crippen LogP contribution in [0.4, 0.5) is 10.7 Å². The van der Waals surface area contributed by atoms with Crippen molar-refractivity contribution in [3.63, 3.8) is 0 Å². The quantitative estimate of drug-likeness (QED) is 0.894. The predicted molar refractivity (Wildman–Crippen MR) is 68.5 cm³/mol. The fourth-order valence-corrected chi connectivity index (χ4v) is 2.34. The molecule has 0 aliphatic heterocycles. The van der Waals surface area contributed by atoms with E-state index < -0.39 is 5.97 Å². The van der Waals surface area contributed by atoms with E-state index in [1.165, 1.54) is 16.8 Å². The normalized spacial score (nSPS) is 10.2.